The molecule has 2 saturated heterocycles. The second-order valence-electron chi connectivity index (χ2n) is 9.60. The van der Waals surface area contributed by atoms with Crippen LogP contribution in [0.1, 0.15) is 23.2 Å². The molecule has 39 heavy (non-hydrogen) atoms. The van der Waals surface area contributed by atoms with E-state index in [2.05, 4.69) is 25.4 Å². The van der Waals surface area contributed by atoms with E-state index in [0.717, 1.165) is 11.0 Å². The number of ether oxygens (including phenoxy) is 1. The van der Waals surface area contributed by atoms with Gasteiger partial charge in [-0.2, -0.15) is 13.2 Å². The van der Waals surface area contributed by atoms with Crippen molar-refractivity contribution in [1.29, 1.82) is 0 Å². The van der Waals surface area contributed by atoms with Crippen molar-refractivity contribution in [3.63, 3.8) is 0 Å². The third kappa shape index (κ3) is 4.36. The van der Waals surface area contributed by atoms with Crippen LogP contribution in [-0.2, 0) is 9.59 Å². The highest BCUT2D eigenvalue weighted by atomic mass is 19.4. The maximum absolute atomic E-state index is 13.0. The maximum Gasteiger partial charge on any atom is 0.422 e. The van der Waals surface area contributed by atoms with Crippen LogP contribution in [0, 0.1) is 0 Å². The van der Waals surface area contributed by atoms with Crippen molar-refractivity contribution in [3.8, 4) is 5.75 Å². The Bertz CT molecular complexity index is 1270. The third-order valence-electron chi connectivity index (χ3n) is 7.13. The first kappa shape index (κ1) is 26.5. The Kier molecular flexibility index (Phi) is 6.10. The van der Waals surface area contributed by atoms with Crippen molar-refractivity contribution >= 4 is 29.6 Å². The van der Waals surface area contributed by atoms with Gasteiger partial charge in [0.2, 0.25) is 17.6 Å². The molecule has 14 nitrogen and oxygen atoms in total. The summed E-state index contributed by atoms with van der Waals surface area (Å²) in [5.41, 5.74) is 10.1. The number of nitrogens with one attached hydrogen (secondary N) is 2. The van der Waals surface area contributed by atoms with Crippen LogP contribution in [0.2, 0.25) is 0 Å². The van der Waals surface area contributed by atoms with Crippen molar-refractivity contribution in [2.75, 3.05) is 19.7 Å². The van der Waals surface area contributed by atoms with Gasteiger partial charge in [-0.25, -0.2) is 9.98 Å². The summed E-state index contributed by atoms with van der Waals surface area (Å²) in [6.07, 6.45) is -4.50. The molecule has 17 heteroatoms. The number of guanidine groups is 2. The summed E-state index contributed by atoms with van der Waals surface area (Å²) in [4.78, 5) is 48.3. The monoisotopic (exact) mass is 554 g/mol. The topological polar surface area (TPSA) is 208 Å². The smallest absolute Gasteiger partial charge is 0.422 e. The second-order valence-corrected chi connectivity index (χ2v) is 9.60. The van der Waals surface area contributed by atoms with Crippen molar-refractivity contribution < 1.29 is 42.5 Å². The molecule has 4 aliphatic rings. The molecule has 1 aromatic carbocycles. The number of carbonyl (C=O) groups excluding carboxylic acids is 3. The first-order valence-electron chi connectivity index (χ1n) is 11.8. The molecular formula is C22H25F3N8O6. The first-order valence-corrected chi connectivity index (χ1v) is 11.8. The van der Waals surface area contributed by atoms with Crippen LogP contribution in [0.4, 0.5) is 13.2 Å². The molecule has 0 aromatic heterocycles. The number of imide groups is 1. The minimum absolute atomic E-state index is 0.0385. The SMILES string of the molecule is NC1=NC2C(CN3C(=O)CCC3=O)N=C(N)N3CC(NC(=O)c4cccc(OCC(F)(F)F)c4)C(O)(O)C23N1. The van der Waals surface area contributed by atoms with E-state index in [1.54, 1.807) is 0 Å². The van der Waals surface area contributed by atoms with Crippen molar-refractivity contribution in [1.82, 2.24) is 20.4 Å². The number of carbonyl (C=O) groups is 3. The Morgan fingerprint density at radius 2 is 1.90 bits per heavy atom. The number of hydrogen-bond donors (Lipinski definition) is 6. The van der Waals surface area contributed by atoms with E-state index in [-0.39, 0.29) is 49.2 Å². The minimum atomic E-state index is -4.58. The molecule has 0 radical (unpaired) electrons. The van der Waals surface area contributed by atoms with E-state index >= 15 is 0 Å². The van der Waals surface area contributed by atoms with E-state index in [1.165, 1.54) is 23.1 Å². The molecule has 2 fully saturated rings. The van der Waals surface area contributed by atoms with E-state index in [1.807, 2.05) is 0 Å². The summed E-state index contributed by atoms with van der Waals surface area (Å²) < 4.78 is 42.2. The fourth-order valence-corrected chi connectivity index (χ4v) is 5.38. The fourth-order valence-electron chi connectivity index (χ4n) is 5.38. The van der Waals surface area contributed by atoms with Crippen molar-refractivity contribution in [2.24, 2.45) is 21.5 Å². The highest BCUT2D eigenvalue weighted by Crippen LogP contribution is 2.45. The Balaban J connectivity index is 1.39. The van der Waals surface area contributed by atoms with Crippen LogP contribution in [0.3, 0.4) is 0 Å². The summed E-state index contributed by atoms with van der Waals surface area (Å²) in [5, 5.41) is 28.1. The normalized spacial score (nSPS) is 29.4. The van der Waals surface area contributed by atoms with E-state index < -0.39 is 60.1 Å². The Morgan fingerprint density at radius 1 is 1.21 bits per heavy atom. The number of aliphatic hydroxyl groups is 2. The quantitative estimate of drug-likeness (QED) is 0.162. The number of halogens is 3. The molecular weight excluding hydrogens is 529 g/mol. The van der Waals surface area contributed by atoms with Crippen molar-refractivity contribution in [2.45, 2.75) is 48.6 Å². The number of hydrogen-bond acceptors (Lipinski definition) is 12. The molecule has 0 saturated carbocycles. The maximum atomic E-state index is 13.0. The van der Waals surface area contributed by atoms with Gasteiger partial charge in [0, 0.05) is 24.9 Å². The van der Waals surface area contributed by atoms with Crippen LogP contribution in [0.15, 0.2) is 34.3 Å². The molecule has 1 spiro atoms. The standard InChI is InChI=1S/C22H25F3N8O6/c23-20(24,25)9-39-11-3-1-2-10(6-11)17(36)29-13-8-33-19(27)28-12(7-32-14(34)4-5-15(32)35)16-21(33,22(13,37)38)31-18(26)30-16/h1-3,6,12-13,16,37-38H,4-5,7-9H2,(H2,27,28)(H,29,36)(H3,26,30,31). The average Bonchev–Trinajstić information content (AvgIpc) is 3.45. The van der Waals surface area contributed by atoms with Crippen LogP contribution in [0.25, 0.3) is 0 Å². The van der Waals surface area contributed by atoms with Gasteiger partial charge in [-0.3, -0.25) is 19.3 Å². The molecule has 3 amide bonds. The van der Waals surface area contributed by atoms with Crippen LogP contribution in [-0.4, -0.2) is 105 Å². The number of amides is 3. The lowest BCUT2D eigenvalue weighted by molar-refractivity contribution is -0.230. The number of benzene rings is 1. The molecule has 5 rings (SSSR count). The summed E-state index contributed by atoms with van der Waals surface area (Å²) >= 11 is 0. The molecule has 0 aliphatic carbocycles. The Labute approximate surface area is 218 Å². The molecule has 8 N–H and O–H groups in total. The molecule has 4 heterocycles. The van der Waals surface area contributed by atoms with Gasteiger partial charge in [0.05, 0.1) is 12.6 Å². The van der Waals surface area contributed by atoms with Crippen LogP contribution < -0.4 is 26.8 Å². The summed E-state index contributed by atoms with van der Waals surface area (Å²) in [6.45, 7) is -2.06. The highest BCUT2D eigenvalue weighted by Gasteiger charge is 2.73. The van der Waals surface area contributed by atoms with Crippen LogP contribution >= 0.6 is 0 Å². The zero-order valence-electron chi connectivity index (χ0n) is 20.2. The lowest BCUT2D eigenvalue weighted by atomic mass is 9.84. The lowest BCUT2D eigenvalue weighted by Gasteiger charge is -2.49. The van der Waals surface area contributed by atoms with Crippen molar-refractivity contribution in [3.05, 3.63) is 29.8 Å². The number of alkyl halides is 3. The number of likely N-dealkylation sites (tertiary alicyclic amines) is 1. The largest absolute Gasteiger partial charge is 0.484 e. The predicted octanol–water partition coefficient (Wildman–Crippen LogP) is -2.45. The number of rotatable bonds is 6. The predicted molar refractivity (Wildman–Crippen MR) is 126 cm³/mol. The lowest BCUT2D eigenvalue weighted by Crippen LogP contribution is -2.78. The second kappa shape index (κ2) is 8.98. The van der Waals surface area contributed by atoms with Gasteiger partial charge in [0.25, 0.3) is 5.91 Å². The molecule has 4 aliphatic heterocycles. The first-order chi connectivity index (χ1) is 18.2. The molecule has 1 aromatic rings. The number of nitrogens with two attached hydrogens (primary N) is 2. The number of nitrogens with zero attached hydrogens (tertiary/aromatic N) is 4. The van der Waals surface area contributed by atoms with E-state index in [4.69, 9.17) is 11.5 Å². The van der Waals surface area contributed by atoms with Gasteiger partial charge in [-0.1, -0.05) is 6.07 Å². The van der Waals surface area contributed by atoms with Gasteiger partial charge >= 0.3 is 6.18 Å². The van der Waals surface area contributed by atoms with Gasteiger partial charge in [0.1, 0.15) is 17.8 Å². The minimum Gasteiger partial charge on any atom is -0.484 e. The fraction of sp³-hybridized carbons (Fsp3) is 0.500. The highest BCUT2D eigenvalue weighted by molar-refractivity contribution is 6.02. The zero-order chi connectivity index (χ0) is 28.3. The van der Waals surface area contributed by atoms with E-state index in [9.17, 15) is 37.8 Å². The Morgan fingerprint density at radius 3 is 2.56 bits per heavy atom. The zero-order valence-corrected chi connectivity index (χ0v) is 20.2. The molecule has 210 valence electrons. The number of aliphatic imine (C=N–C) groups is 2. The molecule has 4 unspecified atom stereocenters. The van der Waals surface area contributed by atoms with Gasteiger partial charge in [-0.15, -0.1) is 0 Å². The average molecular weight is 554 g/mol. The van der Waals surface area contributed by atoms with Gasteiger partial charge < -0.3 is 42.0 Å². The van der Waals surface area contributed by atoms with Gasteiger partial charge in [-0.05, 0) is 18.2 Å². The molecule has 0 bridgehead atoms. The van der Waals surface area contributed by atoms with E-state index in [0.29, 0.717) is 0 Å². The molecule has 4 atom stereocenters. The summed E-state index contributed by atoms with van der Waals surface area (Å²) in [6, 6.07) is 1.37. The summed E-state index contributed by atoms with van der Waals surface area (Å²) in [5.74, 6) is -5.04. The van der Waals surface area contributed by atoms with Crippen LogP contribution in [0.5, 0.6) is 5.75 Å². The summed E-state index contributed by atoms with van der Waals surface area (Å²) in [7, 11) is 0. The Hall–Kier alpha value is -4.12. The van der Waals surface area contributed by atoms with Gasteiger partial charge in [0.15, 0.2) is 24.2 Å². The third-order valence-corrected chi connectivity index (χ3v) is 7.13.